The topological polar surface area (TPSA) is 74.1 Å². The van der Waals surface area contributed by atoms with Crippen molar-refractivity contribution in [3.8, 4) is 23.2 Å². The van der Waals surface area contributed by atoms with Crippen molar-refractivity contribution in [1.29, 1.82) is 0 Å². The normalized spacial score (nSPS) is 28.1. The third-order valence-corrected chi connectivity index (χ3v) is 7.58. The molecule has 0 amide bonds. The van der Waals surface area contributed by atoms with Gasteiger partial charge in [-0.3, -0.25) is 0 Å². The third kappa shape index (κ3) is 3.64. The van der Waals surface area contributed by atoms with Crippen molar-refractivity contribution in [2.45, 2.75) is 50.6 Å². The molecule has 0 radical (unpaired) electrons. The van der Waals surface area contributed by atoms with Crippen molar-refractivity contribution in [2.75, 3.05) is 7.11 Å². The Morgan fingerprint density at radius 1 is 0.969 bits per heavy atom. The summed E-state index contributed by atoms with van der Waals surface area (Å²) in [4.78, 5) is 0. The Morgan fingerprint density at radius 2 is 1.69 bits per heavy atom. The van der Waals surface area contributed by atoms with Gasteiger partial charge in [0.1, 0.15) is 0 Å². The Morgan fingerprint density at radius 3 is 2.38 bits per heavy atom. The van der Waals surface area contributed by atoms with Crippen LogP contribution in [0.3, 0.4) is 0 Å². The molecule has 166 valence electrons. The predicted molar refractivity (Wildman–Crippen MR) is 120 cm³/mol. The zero-order valence-electron chi connectivity index (χ0n) is 18.4. The smallest absolute Gasteiger partial charge is 0.346 e. The molecule has 4 aliphatic carbocycles. The second kappa shape index (κ2) is 7.89. The standard InChI is InChI=1S/C25H29N5O2/c1-31-23-12-17(16-26-25-13-18-9-19(14-25)11-20(10-18)15-25)7-8-22(23)32-24-27-28-29-30(24)21-5-3-2-4-6-21/h2-8,12,18-20,26H,9-11,13-16H2,1H3. The minimum atomic E-state index is 0.300. The highest BCUT2D eigenvalue weighted by Gasteiger charge is 2.50. The first-order chi connectivity index (χ1) is 15.7. The lowest BCUT2D eigenvalue weighted by Crippen LogP contribution is -2.58. The van der Waals surface area contributed by atoms with Crippen molar-refractivity contribution in [1.82, 2.24) is 25.5 Å². The number of nitrogens with zero attached hydrogens (tertiary/aromatic N) is 4. The molecule has 3 aromatic rings. The van der Waals surface area contributed by atoms with Gasteiger partial charge in [0.15, 0.2) is 11.5 Å². The molecule has 1 N–H and O–H groups in total. The first kappa shape index (κ1) is 19.7. The van der Waals surface area contributed by atoms with Gasteiger partial charge >= 0.3 is 6.01 Å². The van der Waals surface area contributed by atoms with E-state index in [4.69, 9.17) is 9.47 Å². The van der Waals surface area contributed by atoms with Gasteiger partial charge < -0.3 is 14.8 Å². The highest BCUT2D eigenvalue weighted by molar-refractivity contribution is 5.44. The molecule has 7 heteroatoms. The van der Waals surface area contributed by atoms with E-state index in [0.29, 0.717) is 23.0 Å². The van der Waals surface area contributed by atoms with Gasteiger partial charge in [0, 0.05) is 12.1 Å². The maximum atomic E-state index is 6.04. The van der Waals surface area contributed by atoms with Gasteiger partial charge in [0.05, 0.1) is 12.8 Å². The molecular formula is C25H29N5O2. The molecule has 4 aliphatic rings. The molecule has 0 saturated heterocycles. The van der Waals surface area contributed by atoms with Crippen LogP contribution < -0.4 is 14.8 Å². The Bertz CT molecular complexity index is 1060. The van der Waals surface area contributed by atoms with E-state index < -0.39 is 0 Å². The largest absolute Gasteiger partial charge is 0.493 e. The number of nitrogens with one attached hydrogen (secondary N) is 1. The Hall–Kier alpha value is -2.93. The van der Waals surface area contributed by atoms with Crippen LogP contribution in [0.4, 0.5) is 0 Å². The molecule has 1 heterocycles. The number of rotatable bonds is 7. The van der Waals surface area contributed by atoms with Crippen LogP contribution in [0.1, 0.15) is 44.1 Å². The van der Waals surface area contributed by atoms with Crippen LogP contribution in [0.25, 0.3) is 5.69 Å². The molecule has 1 aromatic heterocycles. The van der Waals surface area contributed by atoms with Gasteiger partial charge in [0.25, 0.3) is 0 Å². The summed E-state index contributed by atoms with van der Waals surface area (Å²) in [6, 6.07) is 16.1. The van der Waals surface area contributed by atoms with Crippen LogP contribution in [-0.2, 0) is 6.54 Å². The molecule has 4 fully saturated rings. The zero-order chi connectivity index (χ0) is 21.5. The van der Waals surface area contributed by atoms with Gasteiger partial charge in [-0.15, -0.1) is 0 Å². The molecule has 32 heavy (non-hydrogen) atoms. The summed E-state index contributed by atoms with van der Waals surface area (Å²) in [6.45, 7) is 0.852. The molecule has 7 nitrogen and oxygen atoms in total. The average Bonchev–Trinajstić information content (AvgIpc) is 3.26. The van der Waals surface area contributed by atoms with E-state index in [-0.39, 0.29) is 0 Å². The lowest BCUT2D eigenvalue weighted by Gasteiger charge is -2.57. The summed E-state index contributed by atoms with van der Waals surface area (Å²) in [5, 5.41) is 15.8. The van der Waals surface area contributed by atoms with Crippen molar-refractivity contribution in [2.24, 2.45) is 17.8 Å². The number of ether oxygens (including phenoxy) is 2. The van der Waals surface area contributed by atoms with Crippen LogP contribution in [0.15, 0.2) is 48.5 Å². The molecule has 0 spiro atoms. The van der Waals surface area contributed by atoms with Gasteiger partial charge in [-0.05, 0) is 96.5 Å². The molecule has 0 unspecified atom stereocenters. The average molecular weight is 432 g/mol. The molecular weight excluding hydrogens is 402 g/mol. The Labute approximate surface area is 188 Å². The summed E-state index contributed by atoms with van der Waals surface area (Å²) in [5.41, 5.74) is 2.38. The number of aromatic nitrogens is 4. The number of hydrogen-bond donors (Lipinski definition) is 1. The Balaban J connectivity index is 1.18. The summed E-state index contributed by atoms with van der Waals surface area (Å²) >= 11 is 0. The fourth-order valence-corrected chi connectivity index (χ4v) is 6.60. The maximum absolute atomic E-state index is 6.04. The first-order valence-corrected chi connectivity index (χ1v) is 11.6. The van der Waals surface area contributed by atoms with Crippen molar-refractivity contribution in [3.63, 3.8) is 0 Å². The van der Waals surface area contributed by atoms with E-state index in [1.165, 1.54) is 44.1 Å². The summed E-state index contributed by atoms with van der Waals surface area (Å²) < 4.78 is 13.3. The lowest BCUT2D eigenvalue weighted by atomic mass is 9.53. The van der Waals surface area contributed by atoms with Crippen LogP contribution in [-0.4, -0.2) is 32.9 Å². The maximum Gasteiger partial charge on any atom is 0.346 e. The van der Waals surface area contributed by atoms with Crippen molar-refractivity contribution < 1.29 is 9.47 Å². The van der Waals surface area contributed by atoms with Crippen molar-refractivity contribution >= 4 is 0 Å². The van der Waals surface area contributed by atoms with Crippen LogP contribution >= 0.6 is 0 Å². The van der Waals surface area contributed by atoms with Crippen LogP contribution in [0.5, 0.6) is 17.5 Å². The number of para-hydroxylation sites is 1. The van der Waals surface area contributed by atoms with Crippen LogP contribution in [0, 0.1) is 17.8 Å². The zero-order valence-corrected chi connectivity index (χ0v) is 18.4. The minimum Gasteiger partial charge on any atom is -0.493 e. The summed E-state index contributed by atoms with van der Waals surface area (Å²) in [7, 11) is 1.67. The summed E-state index contributed by atoms with van der Waals surface area (Å²) in [6.07, 6.45) is 8.42. The molecule has 0 atom stereocenters. The third-order valence-electron chi connectivity index (χ3n) is 7.58. The molecule has 0 aliphatic heterocycles. The number of tetrazole rings is 1. The van der Waals surface area contributed by atoms with E-state index >= 15 is 0 Å². The second-order valence-corrected chi connectivity index (χ2v) is 9.85. The fourth-order valence-electron chi connectivity index (χ4n) is 6.60. The second-order valence-electron chi connectivity index (χ2n) is 9.85. The first-order valence-electron chi connectivity index (χ1n) is 11.6. The van der Waals surface area contributed by atoms with Gasteiger partial charge in [0.2, 0.25) is 0 Å². The fraction of sp³-hybridized carbons (Fsp3) is 0.480. The van der Waals surface area contributed by atoms with Crippen LogP contribution in [0.2, 0.25) is 0 Å². The van der Waals surface area contributed by atoms with E-state index in [0.717, 1.165) is 30.0 Å². The molecule has 2 aromatic carbocycles. The van der Waals surface area contributed by atoms with Gasteiger partial charge in [-0.2, -0.15) is 4.68 Å². The lowest BCUT2D eigenvalue weighted by molar-refractivity contribution is -0.0206. The summed E-state index contributed by atoms with van der Waals surface area (Å²) in [5.74, 6) is 4.09. The van der Waals surface area contributed by atoms with E-state index in [1.807, 2.05) is 36.4 Å². The molecule has 7 rings (SSSR count). The minimum absolute atomic E-state index is 0.300. The quantitative estimate of drug-likeness (QED) is 0.593. The van der Waals surface area contributed by atoms with E-state index in [1.54, 1.807) is 11.8 Å². The highest BCUT2D eigenvalue weighted by atomic mass is 16.5. The highest BCUT2D eigenvalue weighted by Crippen LogP contribution is 2.55. The van der Waals surface area contributed by atoms with Gasteiger partial charge in [-0.1, -0.05) is 29.4 Å². The SMILES string of the molecule is COc1cc(CNC23CC4CC(CC(C4)C2)C3)ccc1Oc1nnnn1-c1ccccc1. The Kier molecular flexibility index (Phi) is 4.86. The van der Waals surface area contributed by atoms with Gasteiger partial charge in [-0.25, -0.2) is 0 Å². The molecule has 4 saturated carbocycles. The van der Waals surface area contributed by atoms with Crippen molar-refractivity contribution in [3.05, 3.63) is 54.1 Å². The monoisotopic (exact) mass is 431 g/mol. The predicted octanol–water partition coefficient (Wildman–Crippen LogP) is 4.52. The number of hydrogen-bond acceptors (Lipinski definition) is 6. The van der Waals surface area contributed by atoms with E-state index in [2.05, 4.69) is 33.0 Å². The van der Waals surface area contributed by atoms with E-state index in [9.17, 15) is 0 Å². The number of methoxy groups -OCH3 is 1. The number of benzene rings is 2. The molecule has 4 bridgehead atoms.